The summed E-state index contributed by atoms with van der Waals surface area (Å²) >= 11 is 0. The number of fused-ring (bicyclic) bond motifs is 1. The van der Waals surface area contributed by atoms with Gasteiger partial charge in [0.2, 0.25) is 5.89 Å². The molecule has 1 fully saturated rings. The Labute approximate surface area is 156 Å². The van der Waals surface area contributed by atoms with Crippen molar-refractivity contribution in [1.29, 1.82) is 0 Å². The molecule has 1 aliphatic heterocycles. The fourth-order valence-electron chi connectivity index (χ4n) is 3.29. The first-order valence-electron chi connectivity index (χ1n) is 9.26. The van der Waals surface area contributed by atoms with E-state index in [1.165, 1.54) is 0 Å². The second kappa shape index (κ2) is 7.34. The lowest BCUT2D eigenvalue weighted by Crippen LogP contribution is -2.44. The van der Waals surface area contributed by atoms with E-state index in [2.05, 4.69) is 25.7 Å². The Morgan fingerprint density at radius 3 is 3.07 bits per heavy atom. The first-order chi connectivity index (χ1) is 13.1. The molecule has 0 bridgehead atoms. The molecular weight excluding hydrogens is 346 g/mol. The molecule has 27 heavy (non-hydrogen) atoms. The third kappa shape index (κ3) is 3.62. The number of nitrogens with one attached hydrogen (secondary N) is 1. The molecular formula is C18H23N7O2. The number of amides is 2. The van der Waals surface area contributed by atoms with Crippen molar-refractivity contribution >= 4 is 11.7 Å². The van der Waals surface area contributed by atoms with Gasteiger partial charge in [-0.25, -0.2) is 4.79 Å². The number of nitrogens with zero attached hydrogens (tertiary/aromatic N) is 6. The minimum Gasteiger partial charge on any atom is -0.339 e. The molecule has 1 N–H and O–H groups in total. The zero-order chi connectivity index (χ0) is 18.8. The second-order valence-corrected chi connectivity index (χ2v) is 7.13. The van der Waals surface area contributed by atoms with E-state index in [-0.39, 0.29) is 17.9 Å². The maximum absolute atomic E-state index is 12.6. The van der Waals surface area contributed by atoms with Gasteiger partial charge in [0.15, 0.2) is 17.3 Å². The molecule has 0 spiro atoms. The molecule has 3 aromatic heterocycles. The molecule has 9 heteroatoms. The quantitative estimate of drug-likeness (QED) is 0.757. The van der Waals surface area contributed by atoms with Crippen molar-refractivity contribution in [3.63, 3.8) is 0 Å². The summed E-state index contributed by atoms with van der Waals surface area (Å²) < 4.78 is 7.29. The third-order valence-corrected chi connectivity index (χ3v) is 4.81. The lowest BCUT2D eigenvalue weighted by molar-refractivity contribution is 0.171. The van der Waals surface area contributed by atoms with Crippen LogP contribution in [0, 0.1) is 0 Å². The summed E-state index contributed by atoms with van der Waals surface area (Å²) in [6.45, 7) is 5.68. The third-order valence-electron chi connectivity index (χ3n) is 4.81. The SMILES string of the molecule is CC(C)c1noc(C2CCCN(C(=O)NCc3nnc4ccccn34)C2)n1. The van der Waals surface area contributed by atoms with Gasteiger partial charge < -0.3 is 14.7 Å². The number of hydrogen-bond acceptors (Lipinski definition) is 6. The van der Waals surface area contributed by atoms with Crippen LogP contribution in [0.2, 0.25) is 0 Å². The lowest BCUT2D eigenvalue weighted by Gasteiger charge is -2.30. The minimum absolute atomic E-state index is 0.0819. The van der Waals surface area contributed by atoms with Crippen LogP contribution < -0.4 is 5.32 Å². The predicted molar refractivity (Wildman–Crippen MR) is 97.2 cm³/mol. The Morgan fingerprint density at radius 2 is 2.26 bits per heavy atom. The van der Waals surface area contributed by atoms with Crippen LogP contribution in [0.1, 0.15) is 56.1 Å². The second-order valence-electron chi connectivity index (χ2n) is 7.13. The number of carbonyl (C=O) groups is 1. The Morgan fingerprint density at radius 1 is 1.37 bits per heavy atom. The highest BCUT2D eigenvalue weighted by Gasteiger charge is 2.29. The standard InChI is InChI=1S/C18H23N7O2/c1-12(2)16-20-17(27-23-16)13-6-5-8-24(11-13)18(26)19-10-15-22-21-14-7-3-4-9-25(14)15/h3-4,7,9,12-13H,5-6,8,10-11H2,1-2H3,(H,19,26). The van der Waals surface area contributed by atoms with Crippen LogP contribution in [0.4, 0.5) is 4.79 Å². The highest BCUT2D eigenvalue weighted by Crippen LogP contribution is 2.26. The van der Waals surface area contributed by atoms with Crippen molar-refractivity contribution < 1.29 is 9.32 Å². The summed E-state index contributed by atoms with van der Waals surface area (Å²) in [5, 5.41) is 15.2. The van der Waals surface area contributed by atoms with Gasteiger partial charge in [0.25, 0.3) is 0 Å². The van der Waals surface area contributed by atoms with E-state index in [1.54, 1.807) is 4.90 Å². The number of aromatic nitrogens is 5. The van der Waals surface area contributed by atoms with Gasteiger partial charge in [-0.1, -0.05) is 25.1 Å². The van der Waals surface area contributed by atoms with E-state index in [4.69, 9.17) is 4.52 Å². The van der Waals surface area contributed by atoms with Crippen LogP contribution in [0.5, 0.6) is 0 Å². The van der Waals surface area contributed by atoms with Crippen molar-refractivity contribution in [3.05, 3.63) is 41.9 Å². The fourth-order valence-corrected chi connectivity index (χ4v) is 3.29. The summed E-state index contributed by atoms with van der Waals surface area (Å²) in [4.78, 5) is 18.9. The molecule has 0 radical (unpaired) electrons. The summed E-state index contributed by atoms with van der Waals surface area (Å²) in [5.74, 6) is 2.35. The first-order valence-corrected chi connectivity index (χ1v) is 9.26. The van der Waals surface area contributed by atoms with Gasteiger partial charge in [0, 0.05) is 25.2 Å². The van der Waals surface area contributed by atoms with Gasteiger partial charge in [-0.2, -0.15) is 4.98 Å². The molecule has 0 aliphatic carbocycles. The number of urea groups is 1. The number of likely N-dealkylation sites (tertiary alicyclic amines) is 1. The highest BCUT2D eigenvalue weighted by molar-refractivity contribution is 5.74. The molecule has 1 unspecified atom stereocenters. The number of piperidine rings is 1. The average Bonchev–Trinajstić information content (AvgIpc) is 3.34. The van der Waals surface area contributed by atoms with Crippen LogP contribution in [0.3, 0.4) is 0 Å². The van der Waals surface area contributed by atoms with Crippen LogP contribution in [0.25, 0.3) is 5.65 Å². The van der Waals surface area contributed by atoms with E-state index in [9.17, 15) is 4.79 Å². The molecule has 1 aliphatic rings. The van der Waals surface area contributed by atoms with Crippen LogP contribution >= 0.6 is 0 Å². The van der Waals surface area contributed by atoms with E-state index < -0.39 is 0 Å². The smallest absolute Gasteiger partial charge is 0.317 e. The predicted octanol–water partition coefficient (Wildman–Crippen LogP) is 2.32. The van der Waals surface area contributed by atoms with Gasteiger partial charge >= 0.3 is 6.03 Å². The Hall–Kier alpha value is -2.97. The molecule has 9 nitrogen and oxygen atoms in total. The van der Waals surface area contributed by atoms with Gasteiger partial charge in [-0.15, -0.1) is 10.2 Å². The number of rotatable bonds is 4. The zero-order valence-electron chi connectivity index (χ0n) is 15.5. The monoisotopic (exact) mass is 369 g/mol. The van der Waals surface area contributed by atoms with Gasteiger partial charge in [-0.3, -0.25) is 4.40 Å². The molecule has 1 saturated heterocycles. The van der Waals surface area contributed by atoms with E-state index in [1.807, 2.05) is 42.6 Å². The molecule has 142 valence electrons. The lowest BCUT2D eigenvalue weighted by atomic mass is 9.98. The minimum atomic E-state index is -0.115. The maximum Gasteiger partial charge on any atom is 0.317 e. The molecule has 4 rings (SSSR count). The Balaban J connectivity index is 1.38. The van der Waals surface area contributed by atoms with Crippen molar-refractivity contribution in [2.45, 2.75) is 45.1 Å². The summed E-state index contributed by atoms with van der Waals surface area (Å²) in [6, 6.07) is 5.58. The van der Waals surface area contributed by atoms with Gasteiger partial charge in [0.05, 0.1) is 12.5 Å². The van der Waals surface area contributed by atoms with Crippen molar-refractivity contribution in [2.24, 2.45) is 0 Å². The number of hydrogen-bond donors (Lipinski definition) is 1. The molecule has 0 aromatic carbocycles. The molecule has 1 atom stereocenters. The largest absolute Gasteiger partial charge is 0.339 e. The highest BCUT2D eigenvalue weighted by atomic mass is 16.5. The summed E-state index contributed by atoms with van der Waals surface area (Å²) in [5.41, 5.74) is 0.761. The Bertz CT molecular complexity index is 933. The number of carbonyl (C=O) groups excluding carboxylic acids is 1. The summed E-state index contributed by atoms with van der Waals surface area (Å²) in [7, 11) is 0. The average molecular weight is 369 g/mol. The van der Waals surface area contributed by atoms with Crippen molar-refractivity contribution in [1.82, 2.24) is 35.0 Å². The zero-order valence-corrected chi connectivity index (χ0v) is 15.5. The molecule has 4 heterocycles. The number of pyridine rings is 1. The van der Waals surface area contributed by atoms with Crippen LogP contribution in [-0.4, -0.2) is 48.8 Å². The first kappa shape index (κ1) is 17.4. The maximum atomic E-state index is 12.6. The molecule has 2 amide bonds. The molecule has 3 aromatic rings. The van der Waals surface area contributed by atoms with E-state index >= 15 is 0 Å². The van der Waals surface area contributed by atoms with E-state index in [0.29, 0.717) is 37.2 Å². The summed E-state index contributed by atoms with van der Waals surface area (Å²) in [6.07, 6.45) is 3.74. The normalized spacial score (nSPS) is 17.6. The van der Waals surface area contributed by atoms with E-state index in [0.717, 1.165) is 18.5 Å². The molecule has 0 saturated carbocycles. The Kier molecular flexibility index (Phi) is 4.74. The van der Waals surface area contributed by atoms with Crippen LogP contribution in [-0.2, 0) is 6.54 Å². The topological polar surface area (TPSA) is 101 Å². The fraction of sp³-hybridized carbons (Fsp3) is 0.500. The van der Waals surface area contributed by atoms with Crippen LogP contribution in [0.15, 0.2) is 28.9 Å². The van der Waals surface area contributed by atoms with Crippen molar-refractivity contribution in [3.8, 4) is 0 Å². The van der Waals surface area contributed by atoms with Gasteiger partial charge in [-0.05, 0) is 25.0 Å². The van der Waals surface area contributed by atoms with Gasteiger partial charge in [0.1, 0.15) is 0 Å². The van der Waals surface area contributed by atoms with Crippen molar-refractivity contribution in [2.75, 3.05) is 13.1 Å².